The van der Waals surface area contributed by atoms with Gasteiger partial charge in [0.2, 0.25) is 5.91 Å². The van der Waals surface area contributed by atoms with Gasteiger partial charge in [-0.25, -0.2) is 4.98 Å². The monoisotopic (exact) mass is 302 g/mol. The lowest BCUT2D eigenvalue weighted by Crippen LogP contribution is -2.19. The molecule has 0 saturated heterocycles. The van der Waals surface area contributed by atoms with E-state index in [4.69, 9.17) is 18.0 Å². The Kier molecular flexibility index (Phi) is 5.05. The Morgan fingerprint density at radius 3 is 2.90 bits per heavy atom. The minimum Gasteiger partial charge on any atom is -0.389 e. The zero-order valence-electron chi connectivity index (χ0n) is 11.9. The fraction of sp³-hybridized carbons (Fsp3) is 0.267. The minimum atomic E-state index is -0.0746. The van der Waals surface area contributed by atoms with Gasteiger partial charge in [-0.15, -0.1) is 0 Å². The van der Waals surface area contributed by atoms with Crippen molar-refractivity contribution in [3.05, 3.63) is 48.0 Å². The third kappa shape index (κ3) is 3.88. The lowest BCUT2D eigenvalue weighted by Gasteiger charge is -2.10. The highest BCUT2D eigenvalue weighted by atomic mass is 32.1. The summed E-state index contributed by atoms with van der Waals surface area (Å²) in [7, 11) is 0. The molecule has 5 nitrogen and oxygen atoms in total. The summed E-state index contributed by atoms with van der Waals surface area (Å²) in [6, 6.07) is 7.26. The molecule has 0 aliphatic carbocycles. The maximum atomic E-state index is 12.1. The molecule has 0 saturated carbocycles. The van der Waals surface area contributed by atoms with E-state index < -0.39 is 0 Å². The molecule has 6 heteroatoms. The Morgan fingerprint density at radius 2 is 2.19 bits per heavy atom. The van der Waals surface area contributed by atoms with Crippen molar-refractivity contribution in [3.63, 3.8) is 0 Å². The molecule has 110 valence electrons. The summed E-state index contributed by atoms with van der Waals surface area (Å²) in [5.41, 5.74) is 6.97. The fourth-order valence-corrected chi connectivity index (χ4v) is 2.28. The maximum absolute atomic E-state index is 12.1. The first kappa shape index (κ1) is 15.2. The number of carbonyl (C=O) groups is 1. The fourth-order valence-electron chi connectivity index (χ4n) is 2.10. The summed E-state index contributed by atoms with van der Waals surface area (Å²) < 4.78 is 1.99. The molecule has 1 aromatic heterocycles. The molecule has 0 aliphatic heterocycles. The first-order chi connectivity index (χ1) is 10.1. The second kappa shape index (κ2) is 6.99. The van der Waals surface area contributed by atoms with Gasteiger partial charge in [-0.3, -0.25) is 4.79 Å². The Labute approximate surface area is 129 Å². The first-order valence-corrected chi connectivity index (χ1v) is 7.21. The van der Waals surface area contributed by atoms with Gasteiger partial charge in [0, 0.05) is 37.3 Å². The van der Waals surface area contributed by atoms with Crippen LogP contribution in [0, 0.1) is 0 Å². The van der Waals surface area contributed by atoms with E-state index in [0.29, 0.717) is 24.2 Å². The number of para-hydroxylation sites is 1. The molecule has 0 radical (unpaired) electrons. The molecule has 21 heavy (non-hydrogen) atoms. The van der Waals surface area contributed by atoms with E-state index >= 15 is 0 Å². The zero-order valence-corrected chi connectivity index (χ0v) is 12.7. The van der Waals surface area contributed by atoms with Crippen LogP contribution >= 0.6 is 12.2 Å². The van der Waals surface area contributed by atoms with Gasteiger partial charge in [-0.1, -0.05) is 31.3 Å². The average Bonchev–Trinajstić information content (AvgIpc) is 2.93. The summed E-state index contributed by atoms with van der Waals surface area (Å²) >= 11 is 4.98. The molecule has 1 amide bonds. The van der Waals surface area contributed by atoms with Crippen LogP contribution in [-0.2, 0) is 17.8 Å². The molecule has 0 bridgehead atoms. The number of aryl methyl sites for hydroxylation is 2. The van der Waals surface area contributed by atoms with E-state index in [1.807, 2.05) is 29.8 Å². The highest BCUT2D eigenvalue weighted by Gasteiger charge is 2.09. The number of aromatic nitrogens is 2. The van der Waals surface area contributed by atoms with E-state index in [2.05, 4.69) is 10.3 Å². The topological polar surface area (TPSA) is 72.9 Å². The van der Waals surface area contributed by atoms with Crippen molar-refractivity contribution in [3.8, 4) is 0 Å². The van der Waals surface area contributed by atoms with Crippen molar-refractivity contribution < 1.29 is 4.79 Å². The van der Waals surface area contributed by atoms with Crippen molar-refractivity contribution in [2.75, 3.05) is 5.32 Å². The number of carbonyl (C=O) groups excluding carboxylic acids is 1. The zero-order chi connectivity index (χ0) is 15.2. The van der Waals surface area contributed by atoms with Crippen molar-refractivity contribution in [2.45, 2.75) is 26.3 Å². The third-order valence-corrected chi connectivity index (χ3v) is 3.38. The minimum absolute atomic E-state index is 0.0746. The molecular formula is C15H18N4OS. The number of anilines is 1. The van der Waals surface area contributed by atoms with Gasteiger partial charge >= 0.3 is 0 Å². The smallest absolute Gasteiger partial charge is 0.226 e. The van der Waals surface area contributed by atoms with E-state index in [0.717, 1.165) is 12.2 Å². The number of hydrogen-bond donors (Lipinski definition) is 2. The van der Waals surface area contributed by atoms with Gasteiger partial charge in [-0.2, -0.15) is 0 Å². The molecule has 0 unspecified atom stereocenters. The van der Waals surface area contributed by atoms with Gasteiger partial charge in [0.15, 0.2) is 0 Å². The Bertz CT molecular complexity index is 651. The lowest BCUT2D eigenvalue weighted by molar-refractivity contribution is -0.116. The molecule has 1 aromatic carbocycles. The number of rotatable bonds is 6. The van der Waals surface area contributed by atoms with Crippen molar-refractivity contribution in [2.24, 2.45) is 5.73 Å². The Morgan fingerprint density at radius 1 is 1.43 bits per heavy atom. The van der Waals surface area contributed by atoms with Crippen LogP contribution < -0.4 is 11.1 Å². The van der Waals surface area contributed by atoms with E-state index in [9.17, 15) is 4.79 Å². The normalized spacial score (nSPS) is 10.3. The number of amides is 1. The average molecular weight is 302 g/mol. The van der Waals surface area contributed by atoms with Crippen LogP contribution in [0.1, 0.15) is 24.7 Å². The molecule has 0 aliphatic rings. The van der Waals surface area contributed by atoms with Crippen LogP contribution in [0.15, 0.2) is 36.7 Å². The van der Waals surface area contributed by atoms with Crippen molar-refractivity contribution in [1.29, 1.82) is 0 Å². The summed E-state index contributed by atoms with van der Waals surface area (Å²) in [5.74, 6) is 0.904. The van der Waals surface area contributed by atoms with Crippen LogP contribution in [0.3, 0.4) is 0 Å². The molecule has 3 N–H and O–H groups in total. The SMILES string of the molecule is CCc1nccn1CCC(=O)Nc1ccccc1C(N)=S. The lowest BCUT2D eigenvalue weighted by atomic mass is 10.1. The quantitative estimate of drug-likeness (QED) is 0.802. The van der Waals surface area contributed by atoms with Crippen LogP contribution in [0.25, 0.3) is 0 Å². The molecular weight excluding hydrogens is 284 g/mol. The molecule has 1 heterocycles. The van der Waals surface area contributed by atoms with Gasteiger partial charge in [-0.05, 0) is 12.1 Å². The predicted molar refractivity (Wildman–Crippen MR) is 87.2 cm³/mol. The summed E-state index contributed by atoms with van der Waals surface area (Å²) in [6.07, 6.45) is 4.85. The molecule has 2 aromatic rings. The maximum Gasteiger partial charge on any atom is 0.226 e. The molecule has 0 spiro atoms. The van der Waals surface area contributed by atoms with Crippen LogP contribution in [0.5, 0.6) is 0 Å². The van der Waals surface area contributed by atoms with Gasteiger partial charge in [0.05, 0.1) is 5.69 Å². The number of imidazole rings is 1. The second-order valence-corrected chi connectivity index (χ2v) is 5.04. The van der Waals surface area contributed by atoms with Crippen LogP contribution in [0.4, 0.5) is 5.69 Å². The second-order valence-electron chi connectivity index (χ2n) is 4.60. The van der Waals surface area contributed by atoms with E-state index in [1.54, 1.807) is 18.3 Å². The predicted octanol–water partition coefficient (Wildman–Crippen LogP) is 2.11. The van der Waals surface area contributed by atoms with Crippen molar-refractivity contribution in [1.82, 2.24) is 9.55 Å². The standard InChI is InChI=1S/C15H18N4OS/c1-2-13-17-8-10-19(13)9-7-14(20)18-12-6-4-3-5-11(12)15(16)21/h3-6,8,10H,2,7,9H2,1H3,(H2,16,21)(H,18,20). The third-order valence-electron chi connectivity index (χ3n) is 3.16. The molecule has 2 rings (SSSR count). The van der Waals surface area contributed by atoms with Gasteiger partial charge in [0.25, 0.3) is 0 Å². The summed E-state index contributed by atoms with van der Waals surface area (Å²) in [6.45, 7) is 2.64. The van der Waals surface area contributed by atoms with Crippen LogP contribution in [0.2, 0.25) is 0 Å². The number of nitrogens with two attached hydrogens (primary N) is 1. The Hall–Kier alpha value is -2.21. The largest absolute Gasteiger partial charge is 0.389 e. The Balaban J connectivity index is 1.98. The van der Waals surface area contributed by atoms with Gasteiger partial charge < -0.3 is 15.6 Å². The van der Waals surface area contributed by atoms with E-state index in [-0.39, 0.29) is 10.9 Å². The van der Waals surface area contributed by atoms with Gasteiger partial charge in [0.1, 0.15) is 10.8 Å². The number of thiocarbonyl (C=S) groups is 1. The van der Waals surface area contributed by atoms with Crippen molar-refractivity contribution >= 4 is 28.8 Å². The molecule has 0 atom stereocenters. The number of benzene rings is 1. The number of hydrogen-bond acceptors (Lipinski definition) is 3. The number of nitrogens with zero attached hydrogens (tertiary/aromatic N) is 2. The molecule has 0 fully saturated rings. The number of nitrogens with one attached hydrogen (secondary N) is 1. The highest BCUT2D eigenvalue weighted by molar-refractivity contribution is 7.80. The summed E-state index contributed by atoms with van der Waals surface area (Å²) in [5, 5.41) is 2.85. The van der Waals surface area contributed by atoms with E-state index in [1.165, 1.54) is 0 Å². The summed E-state index contributed by atoms with van der Waals surface area (Å²) in [4.78, 5) is 16.6. The highest BCUT2D eigenvalue weighted by Crippen LogP contribution is 2.15. The first-order valence-electron chi connectivity index (χ1n) is 6.80. The van der Waals surface area contributed by atoms with Crippen LogP contribution in [-0.4, -0.2) is 20.4 Å².